The summed E-state index contributed by atoms with van der Waals surface area (Å²) < 4.78 is 142. The van der Waals surface area contributed by atoms with Crippen molar-refractivity contribution >= 4 is 35.1 Å². The maximum absolute atomic E-state index is 12.7. The van der Waals surface area contributed by atoms with Gasteiger partial charge in [0.1, 0.15) is 0 Å². The first kappa shape index (κ1) is 23.4. The van der Waals surface area contributed by atoms with Crippen molar-refractivity contribution in [3.63, 3.8) is 0 Å². The molecule has 0 aliphatic heterocycles. The number of sulfone groups is 3. The van der Waals surface area contributed by atoms with Crippen LogP contribution in [0.2, 0.25) is 0 Å². The molecule has 0 saturated heterocycles. The Balaban J connectivity index is 3.88. The first-order valence-corrected chi connectivity index (χ1v) is 10.7. The van der Waals surface area contributed by atoms with Gasteiger partial charge >= 0.3 is 11.0 Å². The molecule has 0 saturated carbocycles. The lowest BCUT2D eigenvalue weighted by Gasteiger charge is -2.31. The van der Waals surface area contributed by atoms with Crippen LogP contribution in [0, 0.1) is 3.91 Å². The van der Waals surface area contributed by atoms with Gasteiger partial charge in [0.25, 0.3) is 0 Å². The number of benzene rings is 1. The zero-order valence-electron chi connectivity index (χ0n) is 13.0. The first-order valence-electron chi connectivity index (χ1n) is 6.28. The van der Waals surface area contributed by atoms with Crippen LogP contribution < -0.4 is 0 Å². The van der Waals surface area contributed by atoms with Crippen LogP contribution in [-0.2, 0) is 29.5 Å². The van der Waals surface area contributed by atoms with Gasteiger partial charge in [-0.3, -0.25) is 25.3 Å². The molecule has 0 atom stereocenters. The molecule has 6 nitrogen and oxygen atoms in total. The molecule has 0 aliphatic carbocycles. The number of hydrogen-bond acceptors (Lipinski definition) is 6. The summed E-state index contributed by atoms with van der Waals surface area (Å²) >= 11 is 0. The molecule has 0 aliphatic rings. The summed E-state index contributed by atoms with van der Waals surface area (Å²) in [4.78, 5) is -1.40. The third kappa shape index (κ3) is 4.13. The third-order valence-electron chi connectivity index (χ3n) is 2.93. The van der Waals surface area contributed by atoms with Gasteiger partial charge in [-0.1, -0.05) is 24.3 Å². The summed E-state index contributed by atoms with van der Waals surface area (Å²) in [5.41, 5.74) is -12.7. The molecular formula is C12H9F6O6S3-. The van der Waals surface area contributed by atoms with Crippen LogP contribution in [0.25, 0.3) is 5.57 Å². The van der Waals surface area contributed by atoms with Crippen LogP contribution >= 0.6 is 0 Å². The predicted molar refractivity (Wildman–Crippen MR) is 81.5 cm³/mol. The van der Waals surface area contributed by atoms with E-state index in [1.54, 1.807) is 0 Å². The Hall–Kier alpha value is -1.61. The molecule has 0 fully saturated rings. The molecular weight excluding hydrogens is 450 g/mol. The van der Waals surface area contributed by atoms with Crippen LogP contribution in [0.15, 0.2) is 35.7 Å². The Morgan fingerprint density at radius 3 is 1.41 bits per heavy atom. The number of allylic oxidation sites excluding steroid dienone is 1. The number of hydrogen-bond donors (Lipinski definition) is 0. The van der Waals surface area contributed by atoms with Gasteiger partial charge in [0.15, 0.2) is 19.7 Å². The monoisotopic (exact) mass is 459 g/mol. The quantitative estimate of drug-likeness (QED) is 0.496. The Morgan fingerprint density at radius 1 is 0.815 bits per heavy atom. The largest absolute Gasteiger partial charge is 0.470 e. The predicted octanol–water partition coefficient (Wildman–Crippen LogP) is 2.81. The zero-order valence-corrected chi connectivity index (χ0v) is 15.4. The molecule has 15 heteroatoms. The molecule has 0 amide bonds. The Labute approximate surface area is 150 Å². The van der Waals surface area contributed by atoms with Gasteiger partial charge in [-0.05, 0) is 24.6 Å². The maximum atomic E-state index is 12.7. The number of rotatable bonds is 5. The molecule has 0 N–H and O–H groups in total. The summed E-state index contributed by atoms with van der Waals surface area (Å²) in [5, 5.41) is 0. The minimum atomic E-state index is -7.41. The Morgan fingerprint density at radius 2 is 1.15 bits per heavy atom. The second-order valence-corrected chi connectivity index (χ2v) is 11.4. The van der Waals surface area contributed by atoms with Crippen LogP contribution in [0.1, 0.15) is 12.5 Å². The van der Waals surface area contributed by atoms with Gasteiger partial charge in [0, 0.05) is 4.90 Å². The highest BCUT2D eigenvalue weighted by Gasteiger charge is 2.58. The molecule has 0 radical (unpaired) electrons. The van der Waals surface area contributed by atoms with Gasteiger partial charge in [0.2, 0.25) is 0 Å². The Kier molecular flexibility index (Phi) is 5.88. The van der Waals surface area contributed by atoms with E-state index in [0.717, 1.165) is 12.1 Å². The maximum Gasteiger partial charge on any atom is 0.470 e. The molecule has 0 aromatic heterocycles. The van der Waals surface area contributed by atoms with E-state index in [1.807, 2.05) is 0 Å². The number of halogens is 6. The van der Waals surface area contributed by atoms with E-state index >= 15 is 0 Å². The lowest BCUT2D eigenvalue weighted by Crippen LogP contribution is -2.43. The summed E-state index contributed by atoms with van der Waals surface area (Å²) in [6, 6.07) is 2.70. The van der Waals surface area contributed by atoms with E-state index in [0.29, 0.717) is 17.7 Å². The van der Waals surface area contributed by atoms with Crippen molar-refractivity contribution in [1.29, 1.82) is 0 Å². The SMILES string of the molecule is C=C(C)c1ccc(S(=O)(=O)[C-](S(=O)(=O)C(F)(F)F)S(=O)(=O)C(F)(F)F)cc1. The van der Waals surface area contributed by atoms with E-state index in [9.17, 15) is 51.6 Å². The van der Waals surface area contributed by atoms with Gasteiger partial charge in [-0.25, -0.2) is 0 Å². The van der Waals surface area contributed by atoms with Crippen LogP contribution in [-0.4, -0.2) is 36.3 Å². The van der Waals surface area contributed by atoms with Crippen molar-refractivity contribution in [2.75, 3.05) is 0 Å². The van der Waals surface area contributed by atoms with E-state index < -0.39 is 49.3 Å². The number of alkyl halides is 6. The van der Waals surface area contributed by atoms with E-state index in [1.165, 1.54) is 6.92 Å². The molecule has 0 spiro atoms. The van der Waals surface area contributed by atoms with Crippen molar-refractivity contribution in [2.45, 2.75) is 22.8 Å². The fraction of sp³-hybridized carbons (Fsp3) is 0.250. The molecule has 154 valence electrons. The topological polar surface area (TPSA) is 102 Å². The lowest BCUT2D eigenvalue weighted by molar-refractivity contribution is -0.0449. The highest BCUT2D eigenvalue weighted by Crippen LogP contribution is 2.45. The minimum absolute atomic E-state index is 0.216. The van der Waals surface area contributed by atoms with Gasteiger partial charge in [-0.15, -0.1) is 0 Å². The summed E-state index contributed by atoms with van der Waals surface area (Å²) in [7, 11) is -21.1. The minimum Gasteiger partial charge on any atom is -0.255 e. The highest BCUT2D eigenvalue weighted by molar-refractivity contribution is 8.29. The molecule has 0 bridgehead atoms. The molecule has 1 rings (SSSR count). The van der Waals surface area contributed by atoms with Crippen molar-refractivity contribution in [2.24, 2.45) is 0 Å². The highest BCUT2D eigenvalue weighted by atomic mass is 32.3. The summed E-state index contributed by atoms with van der Waals surface area (Å²) in [6.45, 7) is 4.89. The van der Waals surface area contributed by atoms with Crippen molar-refractivity contribution in [1.82, 2.24) is 0 Å². The van der Waals surface area contributed by atoms with E-state index in [4.69, 9.17) is 0 Å². The molecule has 27 heavy (non-hydrogen) atoms. The average Bonchev–Trinajstić information content (AvgIpc) is 2.43. The standard InChI is InChI=1S/C12H9F6O6S3/c1-7(2)8-3-5-9(6-4-8)25(19,20)10(26(21,22)11(13,14)15)27(23,24)12(16,17)18/h3-6H,1H2,2H3/q-1. The van der Waals surface area contributed by atoms with Crippen molar-refractivity contribution in [3.8, 4) is 0 Å². The fourth-order valence-electron chi connectivity index (χ4n) is 1.64. The van der Waals surface area contributed by atoms with Gasteiger partial charge in [0.05, 0.1) is 13.8 Å². The normalized spacial score (nSPS) is 14.4. The first-order chi connectivity index (χ1) is 11.8. The van der Waals surface area contributed by atoms with Gasteiger partial charge < -0.3 is 0 Å². The van der Waals surface area contributed by atoms with Crippen molar-refractivity contribution < 1.29 is 51.6 Å². The second kappa shape index (κ2) is 6.77. The molecule has 1 aromatic carbocycles. The van der Waals surface area contributed by atoms with E-state index in [2.05, 4.69) is 6.58 Å². The third-order valence-corrected chi connectivity index (χ3v) is 10.3. The summed E-state index contributed by atoms with van der Waals surface area (Å²) in [5.74, 6) is 0. The van der Waals surface area contributed by atoms with E-state index in [-0.39, 0.29) is 5.56 Å². The summed E-state index contributed by atoms with van der Waals surface area (Å²) in [6.07, 6.45) is 0. The molecule has 0 heterocycles. The van der Waals surface area contributed by atoms with Crippen LogP contribution in [0.3, 0.4) is 0 Å². The van der Waals surface area contributed by atoms with Gasteiger partial charge in [-0.2, -0.15) is 26.3 Å². The lowest BCUT2D eigenvalue weighted by atomic mass is 10.1. The molecule has 0 unspecified atom stereocenters. The molecule has 1 aromatic rings. The van der Waals surface area contributed by atoms with Crippen molar-refractivity contribution in [3.05, 3.63) is 40.3 Å². The Bertz CT molecular complexity index is 1000. The van der Waals surface area contributed by atoms with Crippen LogP contribution in [0.5, 0.6) is 0 Å². The average molecular weight is 459 g/mol. The van der Waals surface area contributed by atoms with Crippen LogP contribution in [0.4, 0.5) is 26.3 Å². The zero-order chi connectivity index (χ0) is 21.6. The fourth-order valence-corrected chi connectivity index (χ4v) is 7.88. The second-order valence-electron chi connectivity index (χ2n) is 4.96. The smallest absolute Gasteiger partial charge is 0.255 e.